The van der Waals surface area contributed by atoms with Gasteiger partial charge in [0.1, 0.15) is 23.4 Å². The van der Waals surface area contributed by atoms with Gasteiger partial charge in [-0.25, -0.2) is 9.79 Å². The van der Waals surface area contributed by atoms with Crippen molar-refractivity contribution in [3.05, 3.63) is 66.1 Å². The first-order valence-corrected chi connectivity index (χ1v) is 19.5. The number of benzene rings is 1. The molecule has 2 aliphatic rings. The van der Waals surface area contributed by atoms with E-state index in [1.165, 1.54) is 17.3 Å². The molecule has 3 atom stereocenters. The van der Waals surface area contributed by atoms with Crippen LogP contribution in [0.1, 0.15) is 89.5 Å². The normalized spacial score (nSPS) is 19.7. The number of hydrogen-bond acceptors (Lipinski definition) is 11. The maximum atomic E-state index is 13.5. The average Bonchev–Trinajstić information content (AvgIpc) is 3.71. The monoisotopic (exact) mass is 732 g/mol. The topological polar surface area (TPSA) is 181 Å². The second-order valence-electron chi connectivity index (χ2n) is 14.5. The van der Waals surface area contributed by atoms with Crippen LogP contribution in [0.3, 0.4) is 0 Å². The molecule has 0 radical (unpaired) electrons. The third kappa shape index (κ3) is 9.14. The second kappa shape index (κ2) is 15.4. The molecule has 3 N–H and O–H groups in total. The lowest BCUT2D eigenvalue weighted by atomic mass is 9.85. The van der Waals surface area contributed by atoms with Crippen LogP contribution in [-0.2, 0) is 20.8 Å². The molecule has 1 aromatic carbocycles. The zero-order valence-corrected chi connectivity index (χ0v) is 31.2. The minimum atomic E-state index is -3.57. The number of hydrogen-bond donors (Lipinski definition) is 3. The molecule has 1 aliphatic heterocycles. The smallest absolute Gasteiger partial charge is 0.320 e. The zero-order chi connectivity index (χ0) is 37.0. The molecule has 3 unspecified atom stereocenters. The number of nitrogens with zero attached hydrogens (tertiary/aromatic N) is 7. The molecule has 6 rings (SSSR count). The molecule has 16 heteroatoms. The zero-order valence-electron chi connectivity index (χ0n) is 30.4. The second-order valence-corrected chi connectivity index (χ2v) is 16.2. The molecule has 15 nitrogen and oxygen atoms in total. The van der Waals surface area contributed by atoms with Crippen LogP contribution in [0.25, 0.3) is 5.65 Å². The predicted molar refractivity (Wildman–Crippen MR) is 199 cm³/mol. The molecular weight excluding hydrogens is 685 g/mol. The van der Waals surface area contributed by atoms with Crippen molar-refractivity contribution in [2.45, 2.75) is 91.0 Å². The molecule has 1 fully saturated rings. The van der Waals surface area contributed by atoms with Crippen LogP contribution in [0.4, 0.5) is 16.4 Å². The van der Waals surface area contributed by atoms with Gasteiger partial charge >= 0.3 is 6.03 Å². The van der Waals surface area contributed by atoms with Gasteiger partial charge in [0.25, 0.3) is 10.1 Å². The molecule has 278 valence electrons. The summed E-state index contributed by atoms with van der Waals surface area (Å²) < 4.78 is 37.6. The summed E-state index contributed by atoms with van der Waals surface area (Å²) in [5, 5.41) is 27.8. The molecule has 0 bridgehead atoms. The van der Waals surface area contributed by atoms with Crippen molar-refractivity contribution in [1.29, 1.82) is 5.41 Å². The van der Waals surface area contributed by atoms with E-state index in [9.17, 15) is 13.2 Å². The quantitative estimate of drug-likeness (QED) is 0.0987. The first-order chi connectivity index (χ1) is 24.7. The summed E-state index contributed by atoms with van der Waals surface area (Å²) in [5.41, 5.74) is 3.15. The number of amidine groups is 1. The molecule has 4 aromatic rings. The lowest BCUT2D eigenvalue weighted by Crippen LogP contribution is -2.43. The number of carbonyl (C=O) groups is 1. The third-order valence-electron chi connectivity index (χ3n) is 9.45. The van der Waals surface area contributed by atoms with Crippen LogP contribution < -0.4 is 20.3 Å². The molecule has 1 aliphatic carbocycles. The number of carbonyl (C=O) groups excluding carboxylic acids is 1. The van der Waals surface area contributed by atoms with Gasteiger partial charge in [-0.2, -0.15) is 13.5 Å². The van der Waals surface area contributed by atoms with Gasteiger partial charge in [-0.3, -0.25) is 18.6 Å². The molecule has 3 aromatic heterocycles. The Hall–Kier alpha value is -4.83. The highest BCUT2D eigenvalue weighted by Crippen LogP contribution is 2.39. The Labute approximate surface area is 304 Å². The number of amides is 2. The first-order valence-electron chi connectivity index (χ1n) is 17.7. The van der Waals surface area contributed by atoms with Gasteiger partial charge in [-0.15, -0.1) is 10.2 Å². The molecule has 52 heavy (non-hydrogen) atoms. The molecule has 0 spiro atoms. The lowest BCUT2D eigenvalue weighted by Gasteiger charge is -2.33. The fraction of sp³-hybridized carbons (Fsp3) is 0.500. The van der Waals surface area contributed by atoms with Crippen molar-refractivity contribution in [1.82, 2.24) is 35.0 Å². The van der Waals surface area contributed by atoms with Crippen molar-refractivity contribution >= 4 is 45.0 Å². The summed E-state index contributed by atoms with van der Waals surface area (Å²) >= 11 is 0. The number of rotatable bonds is 11. The van der Waals surface area contributed by atoms with Crippen LogP contribution in [0.2, 0.25) is 0 Å². The fourth-order valence-corrected chi connectivity index (χ4v) is 6.92. The van der Waals surface area contributed by atoms with Gasteiger partial charge in [0.05, 0.1) is 44.0 Å². The average molecular weight is 733 g/mol. The lowest BCUT2D eigenvalue weighted by molar-refractivity contribution is 0.171. The number of aromatic nitrogens is 5. The van der Waals surface area contributed by atoms with Crippen molar-refractivity contribution in [2.24, 2.45) is 10.4 Å². The maximum Gasteiger partial charge on any atom is 0.320 e. The Bertz CT molecular complexity index is 2050. The van der Waals surface area contributed by atoms with Crippen LogP contribution in [0.5, 0.6) is 5.75 Å². The van der Waals surface area contributed by atoms with Gasteiger partial charge in [-0.05, 0) is 67.7 Å². The largest absolute Gasteiger partial charge is 0.484 e. The number of aliphatic imine (C=N–C) groups is 1. The Morgan fingerprint density at radius 1 is 1.06 bits per heavy atom. The molecule has 0 saturated carbocycles. The number of fused-ring (bicyclic) bond motifs is 2. The number of ether oxygens (including phenoxy) is 1. The van der Waals surface area contributed by atoms with E-state index in [2.05, 4.69) is 42.7 Å². The van der Waals surface area contributed by atoms with E-state index in [1.807, 2.05) is 67.8 Å². The number of urea groups is 1. The van der Waals surface area contributed by atoms with Crippen LogP contribution in [-0.4, -0.2) is 75.8 Å². The van der Waals surface area contributed by atoms with Gasteiger partial charge in [-0.1, -0.05) is 45.0 Å². The Morgan fingerprint density at radius 2 is 1.85 bits per heavy atom. The molecule has 1 saturated heterocycles. The predicted octanol–water partition coefficient (Wildman–Crippen LogP) is 5.72. The summed E-state index contributed by atoms with van der Waals surface area (Å²) in [4.78, 5) is 20.5. The summed E-state index contributed by atoms with van der Waals surface area (Å²) in [6.07, 6.45) is 10.8. The van der Waals surface area contributed by atoms with E-state index in [1.54, 1.807) is 6.20 Å². The fourth-order valence-electron chi connectivity index (χ4n) is 6.55. The van der Waals surface area contributed by atoms with Gasteiger partial charge in [0.15, 0.2) is 5.65 Å². The standard InChI is InChI=1S/C36H48N10O5S/c1-24-10-8-9-17-45(24)35-43-42-33-16-13-26(23-46(33)35)51-30-15-14-29(27-11-6-7-12-28(27)30)40-34(47)41-32(20-31(37)36(2,3)4)39-25-21-38-44(22-25)18-19-50-52(5,48)49/h6-7,11-13,16,21-24,29-30,37H,8-10,14-15,17-20H2,1-5H3,(H2,39,40,41,47). The van der Waals surface area contributed by atoms with E-state index in [0.29, 0.717) is 30.3 Å². The van der Waals surface area contributed by atoms with Gasteiger partial charge in [0, 0.05) is 24.7 Å². The van der Waals surface area contributed by atoms with Crippen LogP contribution >= 0.6 is 0 Å². The molecule has 2 amide bonds. The van der Waals surface area contributed by atoms with Gasteiger partial charge in [0.2, 0.25) is 5.95 Å². The Kier molecular flexibility index (Phi) is 11.0. The number of pyridine rings is 1. The summed E-state index contributed by atoms with van der Waals surface area (Å²) in [5.74, 6) is 1.84. The summed E-state index contributed by atoms with van der Waals surface area (Å²) in [6.45, 7) is 9.11. The van der Waals surface area contributed by atoms with Gasteiger partial charge < -0.3 is 20.4 Å². The maximum absolute atomic E-state index is 13.5. The van der Waals surface area contributed by atoms with Crippen molar-refractivity contribution in [2.75, 3.05) is 24.3 Å². The third-order valence-corrected chi connectivity index (χ3v) is 10.0. The first kappa shape index (κ1) is 36.9. The van der Waals surface area contributed by atoms with E-state index < -0.39 is 21.6 Å². The Morgan fingerprint density at radius 3 is 2.60 bits per heavy atom. The SMILES string of the molecule is CC1CCCCN1c1nnc2ccc(OC3CCC(NC(=O)NC(CC(=N)C(C)(C)C)=Nc4cnn(CCOS(C)(=O)=O)c4)c4ccccc43)cn12. The number of piperidine rings is 1. The van der Waals surface area contributed by atoms with Crippen LogP contribution in [0.15, 0.2) is 60.0 Å². The van der Waals surface area contributed by atoms with E-state index in [-0.39, 0.29) is 37.6 Å². The molecule has 4 heterocycles. The highest BCUT2D eigenvalue weighted by molar-refractivity contribution is 7.85. The van der Waals surface area contributed by atoms with Crippen molar-refractivity contribution in [3.8, 4) is 5.75 Å². The van der Waals surface area contributed by atoms with E-state index in [4.69, 9.17) is 14.3 Å². The highest BCUT2D eigenvalue weighted by atomic mass is 32.2. The van der Waals surface area contributed by atoms with Crippen LogP contribution in [0, 0.1) is 10.8 Å². The number of anilines is 1. The Balaban J connectivity index is 1.15. The molecular formula is C36H48N10O5S. The number of nitrogens with one attached hydrogen (secondary N) is 3. The van der Waals surface area contributed by atoms with E-state index >= 15 is 0 Å². The van der Waals surface area contributed by atoms with Crippen molar-refractivity contribution in [3.63, 3.8) is 0 Å². The minimum absolute atomic E-state index is 0.0725. The minimum Gasteiger partial charge on any atom is -0.484 e. The summed E-state index contributed by atoms with van der Waals surface area (Å²) in [7, 11) is -3.57. The highest BCUT2D eigenvalue weighted by Gasteiger charge is 2.30. The van der Waals surface area contributed by atoms with Crippen molar-refractivity contribution < 1.29 is 22.1 Å². The summed E-state index contributed by atoms with van der Waals surface area (Å²) in [6, 6.07) is 11.5. The van der Waals surface area contributed by atoms with E-state index in [0.717, 1.165) is 54.1 Å².